The number of carbonyl (C=O) groups excluding carboxylic acids is 4. The summed E-state index contributed by atoms with van der Waals surface area (Å²) in [4.78, 5) is 54.8. The largest absolute Gasteiger partial charge is 0.479 e. The van der Waals surface area contributed by atoms with E-state index in [1.165, 1.54) is 0 Å². The molecule has 0 saturated carbocycles. The molecular formula is C29H30F4N4O5. The number of hydrogen-bond acceptors (Lipinski definition) is 5. The minimum absolute atomic E-state index is 0.0000658. The second-order valence-corrected chi connectivity index (χ2v) is 10.6. The highest BCUT2D eigenvalue weighted by atomic mass is 19.2. The van der Waals surface area contributed by atoms with Crippen molar-refractivity contribution in [3.8, 4) is 5.75 Å². The minimum atomic E-state index is -1.82. The van der Waals surface area contributed by atoms with Crippen LogP contribution in [-0.4, -0.2) is 53.7 Å². The Bertz CT molecular complexity index is 1450. The van der Waals surface area contributed by atoms with Crippen LogP contribution in [0.2, 0.25) is 0 Å². The van der Waals surface area contributed by atoms with E-state index < -0.39 is 71.2 Å². The first-order valence-electron chi connectivity index (χ1n) is 13.4. The lowest BCUT2D eigenvalue weighted by molar-refractivity contribution is -0.131. The van der Waals surface area contributed by atoms with Crippen LogP contribution < -0.4 is 20.7 Å². The molecule has 4 N–H and O–H groups in total. The highest BCUT2D eigenvalue weighted by Crippen LogP contribution is 2.27. The van der Waals surface area contributed by atoms with Gasteiger partial charge in [0.1, 0.15) is 18.3 Å². The Balaban J connectivity index is 1.51. The SMILES string of the molecule is CC(C)CC(NC(=O)c1cc2ccccc2[nH]1)C(=O)NC(C[C@@H]1CCNC1=O)C(=O)COc1c(F)c(F)cc(F)c1F. The predicted molar refractivity (Wildman–Crippen MR) is 143 cm³/mol. The Morgan fingerprint density at radius 1 is 1.00 bits per heavy atom. The number of amides is 3. The molecule has 1 aromatic heterocycles. The molecule has 0 radical (unpaired) electrons. The van der Waals surface area contributed by atoms with Crippen molar-refractivity contribution < 1.29 is 41.5 Å². The van der Waals surface area contributed by atoms with Crippen LogP contribution >= 0.6 is 0 Å². The van der Waals surface area contributed by atoms with Crippen molar-refractivity contribution in [2.45, 2.75) is 45.2 Å². The van der Waals surface area contributed by atoms with Crippen LogP contribution in [0.25, 0.3) is 10.9 Å². The first-order chi connectivity index (χ1) is 19.9. The third kappa shape index (κ3) is 7.07. The third-order valence-corrected chi connectivity index (χ3v) is 6.92. The van der Waals surface area contributed by atoms with Crippen molar-refractivity contribution in [2.24, 2.45) is 11.8 Å². The lowest BCUT2D eigenvalue weighted by Gasteiger charge is -2.25. The molecule has 1 saturated heterocycles. The maximum atomic E-state index is 14.1. The lowest BCUT2D eigenvalue weighted by Crippen LogP contribution is -2.53. The Morgan fingerprint density at radius 3 is 2.31 bits per heavy atom. The molecule has 4 rings (SSSR count). The first kappa shape index (κ1) is 30.5. The van der Waals surface area contributed by atoms with Crippen LogP contribution in [0.3, 0.4) is 0 Å². The molecule has 2 heterocycles. The fourth-order valence-electron chi connectivity index (χ4n) is 4.75. The average Bonchev–Trinajstić information content (AvgIpc) is 3.56. The van der Waals surface area contributed by atoms with Gasteiger partial charge >= 0.3 is 0 Å². The highest BCUT2D eigenvalue weighted by Gasteiger charge is 2.34. The first-order valence-corrected chi connectivity index (χ1v) is 13.4. The summed E-state index contributed by atoms with van der Waals surface area (Å²) in [5.74, 6) is -11.8. The van der Waals surface area contributed by atoms with Crippen LogP contribution in [0.4, 0.5) is 17.6 Å². The van der Waals surface area contributed by atoms with E-state index in [0.717, 1.165) is 10.9 Å². The molecule has 42 heavy (non-hydrogen) atoms. The monoisotopic (exact) mass is 590 g/mol. The molecule has 0 bridgehead atoms. The Hall–Kier alpha value is -4.42. The second-order valence-electron chi connectivity index (χ2n) is 10.6. The molecule has 3 atom stereocenters. The van der Waals surface area contributed by atoms with Gasteiger partial charge in [-0.25, -0.2) is 8.78 Å². The van der Waals surface area contributed by atoms with Crippen molar-refractivity contribution in [3.05, 3.63) is 65.4 Å². The van der Waals surface area contributed by atoms with Crippen LogP contribution in [0.1, 0.15) is 43.6 Å². The van der Waals surface area contributed by atoms with E-state index in [9.17, 15) is 36.7 Å². The summed E-state index contributed by atoms with van der Waals surface area (Å²) in [5, 5.41) is 8.61. The summed E-state index contributed by atoms with van der Waals surface area (Å²) >= 11 is 0. The molecule has 1 aliphatic rings. The number of fused-ring (bicyclic) bond motifs is 1. The minimum Gasteiger partial charge on any atom is -0.479 e. The number of aromatic amines is 1. The topological polar surface area (TPSA) is 129 Å². The highest BCUT2D eigenvalue weighted by molar-refractivity contribution is 6.01. The number of nitrogens with one attached hydrogen (secondary N) is 4. The van der Waals surface area contributed by atoms with Crippen molar-refractivity contribution in [1.82, 2.24) is 20.9 Å². The van der Waals surface area contributed by atoms with Crippen molar-refractivity contribution in [1.29, 1.82) is 0 Å². The number of halogens is 4. The van der Waals surface area contributed by atoms with E-state index in [0.29, 0.717) is 13.0 Å². The number of benzene rings is 2. The van der Waals surface area contributed by atoms with Gasteiger partial charge in [-0.1, -0.05) is 32.0 Å². The third-order valence-electron chi connectivity index (χ3n) is 6.92. The maximum Gasteiger partial charge on any atom is 0.268 e. The fraction of sp³-hybridized carbons (Fsp3) is 0.379. The van der Waals surface area contributed by atoms with Gasteiger partial charge in [0.2, 0.25) is 23.4 Å². The number of aromatic nitrogens is 1. The van der Waals surface area contributed by atoms with E-state index >= 15 is 0 Å². The van der Waals surface area contributed by atoms with Crippen LogP contribution in [0, 0.1) is 35.1 Å². The van der Waals surface area contributed by atoms with Gasteiger partial charge in [0.15, 0.2) is 23.2 Å². The number of rotatable bonds is 12. The van der Waals surface area contributed by atoms with E-state index in [1.807, 2.05) is 26.0 Å². The van der Waals surface area contributed by atoms with Crippen LogP contribution in [0.15, 0.2) is 36.4 Å². The number of ketones is 1. The van der Waals surface area contributed by atoms with Gasteiger partial charge in [0, 0.05) is 29.4 Å². The van der Waals surface area contributed by atoms with Gasteiger partial charge in [-0.2, -0.15) is 8.78 Å². The van der Waals surface area contributed by atoms with Gasteiger partial charge in [-0.05, 0) is 37.3 Å². The van der Waals surface area contributed by atoms with Crippen molar-refractivity contribution in [3.63, 3.8) is 0 Å². The Morgan fingerprint density at radius 2 is 1.69 bits per heavy atom. The molecule has 2 unspecified atom stereocenters. The summed E-state index contributed by atoms with van der Waals surface area (Å²) < 4.78 is 60.1. The van der Waals surface area contributed by atoms with Crippen LogP contribution in [-0.2, 0) is 14.4 Å². The second kappa shape index (κ2) is 13.0. The number of para-hydroxylation sites is 1. The molecule has 3 aromatic rings. The van der Waals surface area contributed by atoms with E-state index in [4.69, 9.17) is 4.74 Å². The summed E-state index contributed by atoms with van der Waals surface area (Å²) in [6.45, 7) is 2.95. The number of Topliss-reactive ketones (excluding diaryl/α,β-unsaturated/α-hetero) is 1. The molecule has 224 valence electrons. The normalized spacial score (nSPS) is 16.3. The zero-order valence-corrected chi connectivity index (χ0v) is 22.9. The Kier molecular flexibility index (Phi) is 9.48. The van der Waals surface area contributed by atoms with Gasteiger partial charge in [-0.15, -0.1) is 0 Å². The number of ether oxygens (including phenoxy) is 1. The van der Waals surface area contributed by atoms with E-state index in [1.54, 1.807) is 18.2 Å². The van der Waals surface area contributed by atoms with Crippen molar-refractivity contribution >= 4 is 34.4 Å². The van der Waals surface area contributed by atoms with Gasteiger partial charge in [0.05, 0.1) is 6.04 Å². The number of hydrogen-bond donors (Lipinski definition) is 4. The van der Waals surface area contributed by atoms with Gasteiger partial charge in [0.25, 0.3) is 5.91 Å². The quantitative estimate of drug-likeness (QED) is 0.190. The van der Waals surface area contributed by atoms with E-state index in [-0.39, 0.29) is 36.4 Å². The summed E-state index contributed by atoms with van der Waals surface area (Å²) in [7, 11) is 0. The van der Waals surface area contributed by atoms with Gasteiger partial charge < -0.3 is 25.7 Å². The average molecular weight is 591 g/mol. The summed E-state index contributed by atoms with van der Waals surface area (Å²) in [6.07, 6.45) is 0.384. The van der Waals surface area contributed by atoms with Gasteiger partial charge in [-0.3, -0.25) is 19.2 Å². The molecule has 9 nitrogen and oxygen atoms in total. The molecule has 3 amide bonds. The molecule has 0 aliphatic carbocycles. The zero-order valence-electron chi connectivity index (χ0n) is 22.9. The fourth-order valence-corrected chi connectivity index (χ4v) is 4.75. The smallest absolute Gasteiger partial charge is 0.268 e. The van der Waals surface area contributed by atoms with Crippen molar-refractivity contribution in [2.75, 3.05) is 13.2 Å². The Labute approximate surface area is 238 Å². The molecule has 0 spiro atoms. The molecule has 2 aromatic carbocycles. The lowest BCUT2D eigenvalue weighted by atomic mass is 9.95. The van der Waals surface area contributed by atoms with Crippen LogP contribution in [0.5, 0.6) is 5.75 Å². The molecule has 13 heteroatoms. The standard InChI is InChI=1S/C29H30F4N4O5/c1-14(2)9-21(37-29(41)22-10-15-5-3-4-6-19(15)35-22)28(40)36-20(11-16-7-8-34-27(16)39)23(38)13-42-26-24(32)17(30)12-18(31)25(26)33/h3-6,10,12,14,16,20-21,35H,7-9,11,13H2,1-2H3,(H,34,39)(H,36,40)(H,37,41)/t16-,20?,21?/m0/s1. The summed E-state index contributed by atoms with van der Waals surface area (Å²) in [5.41, 5.74) is 0.937. The molecule has 1 aliphatic heterocycles. The van der Waals surface area contributed by atoms with E-state index in [2.05, 4.69) is 20.9 Å². The molecule has 1 fully saturated rings. The maximum absolute atomic E-state index is 14.1. The summed E-state index contributed by atoms with van der Waals surface area (Å²) in [6, 6.07) is 6.37. The number of H-pyrrole nitrogens is 1. The molecular weight excluding hydrogens is 560 g/mol. The number of carbonyl (C=O) groups is 4. The predicted octanol–water partition coefficient (Wildman–Crippen LogP) is 3.53. The zero-order chi connectivity index (χ0) is 30.6.